The van der Waals surface area contributed by atoms with Gasteiger partial charge in [0.25, 0.3) is 11.8 Å². The van der Waals surface area contributed by atoms with Gasteiger partial charge in [0.2, 0.25) is 23.5 Å². The quantitative estimate of drug-likeness (QED) is 0.147. The molecule has 1 saturated heterocycles. The van der Waals surface area contributed by atoms with Gasteiger partial charge in [0.1, 0.15) is 36.1 Å². The maximum Gasteiger partial charge on any atom is 0.322 e. The third kappa shape index (κ3) is 8.95. The molecule has 0 spiro atoms. The maximum absolute atomic E-state index is 14.1. The lowest BCUT2D eigenvalue weighted by Gasteiger charge is -2.33. The van der Waals surface area contributed by atoms with Crippen LogP contribution in [0.2, 0.25) is 0 Å². The molecule has 0 bridgehead atoms. The molecule has 47 heavy (non-hydrogen) atoms. The highest BCUT2D eigenvalue weighted by Gasteiger charge is 2.54. The van der Waals surface area contributed by atoms with Gasteiger partial charge in [-0.25, -0.2) is 4.98 Å². The van der Waals surface area contributed by atoms with E-state index in [4.69, 9.17) is 5.11 Å². The molecule has 1 aromatic heterocycles. The van der Waals surface area contributed by atoms with Gasteiger partial charge in [-0.1, -0.05) is 41.0 Å². The highest BCUT2D eigenvalue weighted by Crippen LogP contribution is 2.41. The minimum atomic E-state index is -1.35. The van der Waals surface area contributed by atoms with Gasteiger partial charge in [0, 0.05) is 37.2 Å². The summed E-state index contributed by atoms with van der Waals surface area (Å²) in [7, 11) is 0. The molecule has 0 aromatic carbocycles. The lowest BCUT2D eigenvalue weighted by molar-refractivity contribution is -0.145. The number of aliphatic carboxylic acids is 1. The van der Waals surface area contributed by atoms with E-state index in [0.29, 0.717) is 12.8 Å². The number of carboxylic acids is 1. The average molecular weight is 658 g/mol. The molecular weight excluding hydrogens is 614 g/mol. The van der Waals surface area contributed by atoms with Crippen LogP contribution in [0.15, 0.2) is 18.6 Å². The van der Waals surface area contributed by atoms with E-state index < -0.39 is 89.8 Å². The van der Waals surface area contributed by atoms with Crippen LogP contribution in [0, 0.1) is 23.7 Å². The lowest BCUT2D eigenvalue weighted by Crippen LogP contribution is -2.60. The van der Waals surface area contributed by atoms with Crippen LogP contribution in [0.5, 0.6) is 0 Å². The molecule has 256 valence electrons. The standard InChI is InChI=1S/C31H43N7O9/c1-6-7-19(26(42)30(46)34-13-22(40)41)35-29(45)25-17-8-9-21(39)18(17)14-38(25)31(47)24(16(4)5)37-28(44)23(15(2)3)36-27(43)20-12-32-10-11-33-20/h10-12,15-19,23-25H,6-9,13-14H2,1-5H3,(H,34,46)(H,35,45)(H,36,43)(H,37,44)(H,40,41)/t17-,18-,19?,23+,24?,25?/m0/s1. The molecular formula is C31H43N7O9. The Bertz CT molecular complexity index is 1380. The van der Waals surface area contributed by atoms with Gasteiger partial charge in [0.05, 0.1) is 12.2 Å². The fourth-order valence-corrected chi connectivity index (χ4v) is 5.99. The Labute approximate surface area is 272 Å². The van der Waals surface area contributed by atoms with Crippen LogP contribution < -0.4 is 21.3 Å². The normalized spacial score (nSPS) is 20.6. The monoisotopic (exact) mass is 657 g/mol. The zero-order chi connectivity index (χ0) is 35.0. The number of carboxylic acid groups (broad SMARTS) is 1. The van der Waals surface area contributed by atoms with Gasteiger partial charge in [-0.05, 0) is 24.7 Å². The average Bonchev–Trinajstić information content (AvgIpc) is 3.59. The predicted molar refractivity (Wildman–Crippen MR) is 164 cm³/mol. The molecule has 3 rings (SSSR count). The van der Waals surface area contributed by atoms with Gasteiger partial charge in [-0.3, -0.25) is 43.3 Å². The SMILES string of the molecule is CCCC(NC(=O)C1[C@H]2CCC(=O)[C@H]2CN1C(=O)C(NC(=O)[C@H](NC(=O)c1cnccn1)C(C)C)C(C)C)C(=O)C(=O)NCC(=O)O. The minimum absolute atomic E-state index is 0.00351. The summed E-state index contributed by atoms with van der Waals surface area (Å²) in [4.78, 5) is 112. The number of amides is 5. The molecule has 1 aliphatic heterocycles. The van der Waals surface area contributed by atoms with E-state index >= 15 is 0 Å². The van der Waals surface area contributed by atoms with Gasteiger partial charge in [-0.2, -0.15) is 0 Å². The molecule has 5 N–H and O–H groups in total. The largest absolute Gasteiger partial charge is 0.480 e. The number of ketones is 2. The van der Waals surface area contributed by atoms with Crippen molar-refractivity contribution in [1.29, 1.82) is 0 Å². The van der Waals surface area contributed by atoms with Crippen LogP contribution in [-0.4, -0.2) is 104 Å². The number of nitrogens with one attached hydrogen (secondary N) is 4. The summed E-state index contributed by atoms with van der Waals surface area (Å²) < 4.78 is 0. The van der Waals surface area contributed by atoms with Crippen molar-refractivity contribution in [3.05, 3.63) is 24.3 Å². The number of hydrogen-bond donors (Lipinski definition) is 5. The molecule has 2 heterocycles. The van der Waals surface area contributed by atoms with E-state index in [9.17, 15) is 38.4 Å². The molecule has 1 saturated carbocycles. The minimum Gasteiger partial charge on any atom is -0.480 e. The summed E-state index contributed by atoms with van der Waals surface area (Å²) in [5, 5.41) is 18.8. The first-order valence-electron chi connectivity index (χ1n) is 15.7. The van der Waals surface area contributed by atoms with Crippen molar-refractivity contribution in [2.45, 2.75) is 84.5 Å². The second-order valence-electron chi connectivity index (χ2n) is 12.5. The van der Waals surface area contributed by atoms with E-state index in [-0.39, 0.29) is 36.8 Å². The van der Waals surface area contributed by atoms with Crippen LogP contribution in [-0.2, 0) is 33.6 Å². The smallest absolute Gasteiger partial charge is 0.322 e. The van der Waals surface area contributed by atoms with Crippen LogP contribution in [0.4, 0.5) is 0 Å². The number of nitrogens with zero attached hydrogens (tertiary/aromatic N) is 3. The van der Waals surface area contributed by atoms with Crippen molar-refractivity contribution < 1.29 is 43.5 Å². The van der Waals surface area contributed by atoms with Crippen molar-refractivity contribution >= 4 is 47.1 Å². The van der Waals surface area contributed by atoms with Crippen LogP contribution in [0.1, 0.15) is 70.8 Å². The molecule has 1 aromatic rings. The van der Waals surface area contributed by atoms with Crippen LogP contribution >= 0.6 is 0 Å². The number of aromatic nitrogens is 2. The van der Waals surface area contributed by atoms with Gasteiger partial charge in [-0.15, -0.1) is 0 Å². The molecule has 3 unspecified atom stereocenters. The first-order chi connectivity index (χ1) is 22.2. The van der Waals surface area contributed by atoms with Crippen LogP contribution in [0.3, 0.4) is 0 Å². The fourth-order valence-electron chi connectivity index (χ4n) is 5.99. The van der Waals surface area contributed by atoms with E-state index in [0.717, 1.165) is 0 Å². The zero-order valence-electron chi connectivity index (χ0n) is 27.1. The van der Waals surface area contributed by atoms with E-state index in [1.165, 1.54) is 23.5 Å². The molecule has 16 nitrogen and oxygen atoms in total. The zero-order valence-corrected chi connectivity index (χ0v) is 27.1. The number of likely N-dealkylation sites (tertiary alicyclic amines) is 1. The summed E-state index contributed by atoms with van der Waals surface area (Å²) in [6, 6.07) is -4.65. The molecule has 2 aliphatic rings. The second-order valence-corrected chi connectivity index (χ2v) is 12.5. The molecule has 0 radical (unpaired) electrons. The summed E-state index contributed by atoms with van der Waals surface area (Å²) in [5.41, 5.74) is 0.00351. The third-order valence-electron chi connectivity index (χ3n) is 8.44. The highest BCUT2D eigenvalue weighted by molar-refractivity contribution is 6.38. The number of hydrogen-bond acceptors (Lipinski definition) is 10. The number of fused-ring (bicyclic) bond motifs is 1. The van der Waals surface area contributed by atoms with Crippen molar-refractivity contribution in [1.82, 2.24) is 36.1 Å². The number of Topliss-reactive ketones (excluding diaryl/α,β-unsaturated/α-hetero) is 2. The molecule has 2 fully saturated rings. The van der Waals surface area contributed by atoms with Crippen molar-refractivity contribution in [2.24, 2.45) is 23.7 Å². The second kappa shape index (κ2) is 16.2. The molecule has 1 aliphatic carbocycles. The summed E-state index contributed by atoms with van der Waals surface area (Å²) >= 11 is 0. The van der Waals surface area contributed by atoms with Gasteiger partial charge >= 0.3 is 5.97 Å². The van der Waals surface area contributed by atoms with Crippen molar-refractivity contribution in [2.75, 3.05) is 13.1 Å². The summed E-state index contributed by atoms with van der Waals surface area (Å²) in [6.07, 6.45) is 5.01. The number of carbonyl (C=O) groups excluding carboxylic acids is 7. The summed E-state index contributed by atoms with van der Waals surface area (Å²) in [6.45, 7) is 7.73. The Morgan fingerprint density at radius 2 is 1.66 bits per heavy atom. The lowest BCUT2D eigenvalue weighted by atomic mass is 9.92. The fraction of sp³-hybridized carbons (Fsp3) is 0.613. The Kier molecular flexibility index (Phi) is 12.6. The van der Waals surface area contributed by atoms with Gasteiger partial charge in [0.15, 0.2) is 0 Å². The molecule has 16 heteroatoms. The third-order valence-corrected chi connectivity index (χ3v) is 8.44. The highest BCUT2D eigenvalue weighted by atomic mass is 16.4. The molecule has 6 atom stereocenters. The predicted octanol–water partition coefficient (Wildman–Crippen LogP) is -0.767. The van der Waals surface area contributed by atoms with Gasteiger partial charge < -0.3 is 31.3 Å². The Hall–Kier alpha value is -4.76. The van der Waals surface area contributed by atoms with Crippen molar-refractivity contribution in [3.63, 3.8) is 0 Å². The Morgan fingerprint density at radius 1 is 0.979 bits per heavy atom. The van der Waals surface area contributed by atoms with E-state index in [1.807, 2.05) is 5.32 Å². The maximum atomic E-state index is 14.1. The Balaban J connectivity index is 1.83. The molecule has 5 amide bonds. The Morgan fingerprint density at radius 3 is 2.23 bits per heavy atom. The number of carbonyl (C=O) groups is 8. The van der Waals surface area contributed by atoms with E-state index in [2.05, 4.69) is 25.9 Å². The van der Waals surface area contributed by atoms with Crippen LogP contribution in [0.25, 0.3) is 0 Å². The van der Waals surface area contributed by atoms with E-state index in [1.54, 1.807) is 34.6 Å². The first kappa shape index (κ1) is 36.7. The number of rotatable bonds is 15. The topological polar surface area (TPSA) is 234 Å². The summed E-state index contributed by atoms with van der Waals surface area (Å²) in [5.74, 6) is -8.29. The first-order valence-corrected chi connectivity index (χ1v) is 15.7. The van der Waals surface area contributed by atoms with Crippen molar-refractivity contribution in [3.8, 4) is 0 Å².